The van der Waals surface area contributed by atoms with E-state index in [1.807, 2.05) is 6.92 Å². The fourth-order valence-electron chi connectivity index (χ4n) is 2.32. The van der Waals surface area contributed by atoms with Gasteiger partial charge in [-0.15, -0.1) is 0 Å². The van der Waals surface area contributed by atoms with Crippen LogP contribution in [0.3, 0.4) is 0 Å². The van der Waals surface area contributed by atoms with E-state index in [0.717, 1.165) is 12.8 Å². The summed E-state index contributed by atoms with van der Waals surface area (Å²) in [5.74, 6) is 0.479. The topological polar surface area (TPSA) is 79.0 Å². The van der Waals surface area contributed by atoms with Gasteiger partial charge in [0.1, 0.15) is 5.82 Å². The van der Waals surface area contributed by atoms with Gasteiger partial charge >= 0.3 is 0 Å². The normalized spacial score (nSPS) is 21.2. The molecule has 1 saturated heterocycles. The van der Waals surface area contributed by atoms with Crippen LogP contribution in [0, 0.1) is 24.2 Å². The number of hydrogen-bond donors (Lipinski definition) is 0. The van der Waals surface area contributed by atoms with E-state index in [1.54, 1.807) is 17.7 Å². The molecule has 1 unspecified atom stereocenters. The average Bonchev–Trinajstić information content (AvgIpc) is 2.80. The van der Waals surface area contributed by atoms with Crippen molar-refractivity contribution >= 4 is 10.0 Å². The Morgan fingerprint density at radius 3 is 2.89 bits per heavy atom. The summed E-state index contributed by atoms with van der Waals surface area (Å²) < 4.78 is 28.1. The number of aromatic nitrogens is 2. The molecule has 0 aliphatic carbocycles. The van der Waals surface area contributed by atoms with Gasteiger partial charge in [0, 0.05) is 25.8 Å². The molecule has 1 aromatic rings. The van der Waals surface area contributed by atoms with Crippen molar-refractivity contribution in [2.45, 2.75) is 38.3 Å². The van der Waals surface area contributed by atoms with E-state index in [-0.39, 0.29) is 17.5 Å². The van der Waals surface area contributed by atoms with E-state index in [0.29, 0.717) is 18.9 Å². The lowest BCUT2D eigenvalue weighted by Gasteiger charge is -2.27. The third-order valence-corrected chi connectivity index (χ3v) is 5.20. The molecule has 0 N–H and O–H groups in total. The Morgan fingerprint density at radius 2 is 2.32 bits per heavy atom. The Balaban J connectivity index is 2.29. The highest BCUT2D eigenvalue weighted by molar-refractivity contribution is 7.89. The van der Waals surface area contributed by atoms with Crippen molar-refractivity contribution < 1.29 is 8.42 Å². The maximum Gasteiger partial charge on any atom is 0.262 e. The second kappa shape index (κ2) is 5.31. The van der Waals surface area contributed by atoms with Crippen molar-refractivity contribution in [3.05, 3.63) is 12.0 Å². The molecule has 7 heteroatoms. The smallest absolute Gasteiger partial charge is 0.262 e. The molecule has 1 aliphatic rings. The first kappa shape index (κ1) is 14.0. The predicted octanol–water partition coefficient (Wildman–Crippen LogP) is 1.14. The fourth-order valence-corrected chi connectivity index (χ4v) is 3.84. The lowest BCUT2D eigenvalue weighted by Crippen LogP contribution is -2.39. The minimum Gasteiger partial charge on any atom is -0.334 e. The molecule has 1 aromatic heterocycles. The second-order valence-corrected chi connectivity index (χ2v) is 6.63. The molecule has 1 atom stereocenters. The monoisotopic (exact) mass is 282 g/mol. The zero-order chi connectivity index (χ0) is 14.0. The van der Waals surface area contributed by atoms with Gasteiger partial charge in [-0.25, -0.2) is 13.4 Å². The van der Waals surface area contributed by atoms with Crippen LogP contribution >= 0.6 is 0 Å². The van der Waals surface area contributed by atoms with Crippen LogP contribution in [-0.2, 0) is 16.6 Å². The van der Waals surface area contributed by atoms with Crippen LogP contribution < -0.4 is 0 Å². The maximum absolute atomic E-state index is 12.5. The van der Waals surface area contributed by atoms with Gasteiger partial charge in [0.2, 0.25) is 0 Å². The third kappa shape index (κ3) is 2.65. The molecule has 1 fully saturated rings. The summed E-state index contributed by atoms with van der Waals surface area (Å²) in [4.78, 5) is 4.13. The summed E-state index contributed by atoms with van der Waals surface area (Å²) >= 11 is 0. The number of rotatable bonds is 3. The standard InChI is InChI=1S/C12H18N4O2S/c1-3-15-9-12(14-10(15)2)19(17,18)16-6-4-5-11(7-13)8-16/h9,11H,3-6,8H2,1-2H3. The summed E-state index contributed by atoms with van der Waals surface area (Å²) in [5, 5.41) is 9.03. The number of imidazole rings is 1. The molecule has 0 bridgehead atoms. The van der Waals surface area contributed by atoms with E-state index < -0.39 is 10.0 Å². The third-order valence-electron chi connectivity index (χ3n) is 3.47. The summed E-state index contributed by atoms with van der Waals surface area (Å²) in [7, 11) is -3.57. The SMILES string of the molecule is CCn1cc(S(=O)(=O)N2CCCC(C#N)C2)nc1C. The molecule has 2 rings (SSSR count). The molecule has 2 heterocycles. The average molecular weight is 282 g/mol. The minimum absolute atomic E-state index is 0.0884. The lowest BCUT2D eigenvalue weighted by molar-refractivity contribution is 0.304. The highest BCUT2D eigenvalue weighted by atomic mass is 32.2. The van der Waals surface area contributed by atoms with Crippen molar-refractivity contribution in [1.29, 1.82) is 5.26 Å². The van der Waals surface area contributed by atoms with Crippen LogP contribution in [0.2, 0.25) is 0 Å². The zero-order valence-corrected chi connectivity index (χ0v) is 12.0. The van der Waals surface area contributed by atoms with Gasteiger partial charge in [-0.1, -0.05) is 0 Å². The van der Waals surface area contributed by atoms with E-state index in [9.17, 15) is 8.42 Å². The van der Waals surface area contributed by atoms with Crippen LogP contribution in [0.25, 0.3) is 0 Å². The molecule has 0 aromatic carbocycles. The van der Waals surface area contributed by atoms with Crippen molar-refractivity contribution in [3.63, 3.8) is 0 Å². The second-order valence-electron chi connectivity index (χ2n) is 4.74. The number of sulfonamides is 1. The summed E-state index contributed by atoms with van der Waals surface area (Å²) in [6.07, 6.45) is 3.07. The molecule has 0 radical (unpaired) electrons. The maximum atomic E-state index is 12.5. The Hall–Kier alpha value is -1.39. The molecule has 1 aliphatic heterocycles. The largest absolute Gasteiger partial charge is 0.334 e. The van der Waals surface area contributed by atoms with Crippen LogP contribution in [-0.4, -0.2) is 35.4 Å². The quantitative estimate of drug-likeness (QED) is 0.832. The first-order valence-electron chi connectivity index (χ1n) is 6.42. The van der Waals surface area contributed by atoms with E-state index >= 15 is 0 Å². The Labute approximate surface area is 113 Å². The first-order chi connectivity index (χ1) is 8.98. The van der Waals surface area contributed by atoms with E-state index in [4.69, 9.17) is 5.26 Å². The number of piperidine rings is 1. The van der Waals surface area contributed by atoms with Crippen molar-refractivity contribution in [2.24, 2.45) is 5.92 Å². The lowest BCUT2D eigenvalue weighted by atomic mass is 10.0. The Bertz CT molecular complexity index is 600. The molecular weight excluding hydrogens is 264 g/mol. The fraction of sp³-hybridized carbons (Fsp3) is 0.667. The highest BCUT2D eigenvalue weighted by Crippen LogP contribution is 2.23. The molecule has 0 amide bonds. The van der Waals surface area contributed by atoms with E-state index in [2.05, 4.69) is 11.1 Å². The van der Waals surface area contributed by atoms with Gasteiger partial charge in [0.05, 0.1) is 12.0 Å². The van der Waals surface area contributed by atoms with Crippen LogP contribution in [0.15, 0.2) is 11.2 Å². The van der Waals surface area contributed by atoms with Gasteiger partial charge in [-0.2, -0.15) is 9.57 Å². The summed E-state index contributed by atoms with van der Waals surface area (Å²) in [6, 6.07) is 2.15. The van der Waals surface area contributed by atoms with Crippen LogP contribution in [0.5, 0.6) is 0 Å². The number of nitrogens with zero attached hydrogens (tertiary/aromatic N) is 4. The van der Waals surface area contributed by atoms with Crippen molar-refractivity contribution in [2.75, 3.05) is 13.1 Å². The Morgan fingerprint density at radius 1 is 1.58 bits per heavy atom. The molecule has 6 nitrogen and oxygen atoms in total. The van der Waals surface area contributed by atoms with Crippen LogP contribution in [0.1, 0.15) is 25.6 Å². The summed E-state index contributed by atoms with van der Waals surface area (Å²) in [5.41, 5.74) is 0. The van der Waals surface area contributed by atoms with Gasteiger partial charge in [0.15, 0.2) is 5.03 Å². The van der Waals surface area contributed by atoms with Crippen LogP contribution in [0.4, 0.5) is 0 Å². The Kier molecular flexibility index (Phi) is 3.92. The predicted molar refractivity (Wildman–Crippen MR) is 69.7 cm³/mol. The summed E-state index contributed by atoms with van der Waals surface area (Å²) in [6.45, 7) is 5.17. The molecule has 0 saturated carbocycles. The molecule has 19 heavy (non-hydrogen) atoms. The highest BCUT2D eigenvalue weighted by Gasteiger charge is 2.32. The number of nitriles is 1. The van der Waals surface area contributed by atoms with Crippen molar-refractivity contribution in [3.8, 4) is 6.07 Å². The molecule has 104 valence electrons. The van der Waals surface area contributed by atoms with Gasteiger partial charge in [-0.05, 0) is 26.7 Å². The van der Waals surface area contributed by atoms with Gasteiger partial charge < -0.3 is 4.57 Å². The minimum atomic E-state index is -3.57. The van der Waals surface area contributed by atoms with E-state index in [1.165, 1.54) is 4.31 Å². The molecule has 0 spiro atoms. The number of aryl methyl sites for hydroxylation is 2. The number of hydrogen-bond acceptors (Lipinski definition) is 4. The first-order valence-corrected chi connectivity index (χ1v) is 7.86. The molecular formula is C12H18N4O2S. The van der Waals surface area contributed by atoms with Gasteiger partial charge in [0.25, 0.3) is 10.0 Å². The zero-order valence-electron chi connectivity index (χ0n) is 11.2. The van der Waals surface area contributed by atoms with Gasteiger partial charge in [-0.3, -0.25) is 0 Å². The van der Waals surface area contributed by atoms with Crippen molar-refractivity contribution in [1.82, 2.24) is 13.9 Å².